The molecule has 6 nitrogen and oxygen atoms in total. The van der Waals surface area contributed by atoms with Gasteiger partial charge in [-0.3, -0.25) is 9.58 Å². The van der Waals surface area contributed by atoms with Crippen molar-refractivity contribution in [3.63, 3.8) is 0 Å². The van der Waals surface area contributed by atoms with Crippen molar-refractivity contribution in [1.29, 1.82) is 0 Å². The molecule has 0 radical (unpaired) electrons. The van der Waals surface area contributed by atoms with Gasteiger partial charge < -0.3 is 14.7 Å². The van der Waals surface area contributed by atoms with Crippen molar-refractivity contribution in [2.24, 2.45) is 0 Å². The number of hydrogen-bond acceptors (Lipinski definition) is 5. The quantitative estimate of drug-likeness (QED) is 0.891. The van der Waals surface area contributed by atoms with Crippen LogP contribution in [0.2, 0.25) is 0 Å². The van der Waals surface area contributed by atoms with Crippen molar-refractivity contribution < 1.29 is 9.84 Å². The number of nitrogens with zero attached hydrogens (tertiary/aromatic N) is 4. The van der Waals surface area contributed by atoms with Crippen LogP contribution in [0.3, 0.4) is 0 Å². The zero-order valence-corrected chi connectivity index (χ0v) is 15.0. The van der Waals surface area contributed by atoms with Crippen LogP contribution < -0.4 is 4.74 Å². The standard InChI is InChI=1S/C19H26N4O2/c1-21(2)13-18(24)17-10-16-12-22(6-7-23(16)20-17)11-14-3-4-19-15(9-14)5-8-25-19/h3-4,9-10,18,24H,5-8,11-13H2,1-2H3/t18-/m0/s1. The van der Waals surface area contributed by atoms with Crippen molar-refractivity contribution >= 4 is 0 Å². The average molecular weight is 342 g/mol. The molecule has 0 spiro atoms. The van der Waals surface area contributed by atoms with E-state index in [1.54, 1.807) is 0 Å². The van der Waals surface area contributed by atoms with Gasteiger partial charge in [-0.2, -0.15) is 5.10 Å². The van der Waals surface area contributed by atoms with E-state index in [1.165, 1.54) is 16.8 Å². The lowest BCUT2D eigenvalue weighted by atomic mass is 10.1. The Kier molecular flexibility index (Phi) is 4.50. The third-order valence-corrected chi connectivity index (χ3v) is 4.94. The first-order chi connectivity index (χ1) is 12.1. The van der Waals surface area contributed by atoms with Crippen LogP contribution >= 0.6 is 0 Å². The SMILES string of the molecule is CN(C)C[C@H](O)c1cc2n(n1)CCN(Cc1ccc3c(c1)CCO3)C2. The van der Waals surface area contributed by atoms with Gasteiger partial charge in [-0.15, -0.1) is 0 Å². The Morgan fingerprint density at radius 3 is 3.00 bits per heavy atom. The van der Waals surface area contributed by atoms with Gasteiger partial charge in [0.05, 0.1) is 24.5 Å². The molecule has 134 valence electrons. The second-order valence-electron chi connectivity index (χ2n) is 7.31. The van der Waals surface area contributed by atoms with E-state index < -0.39 is 6.10 Å². The maximum absolute atomic E-state index is 10.3. The highest BCUT2D eigenvalue weighted by atomic mass is 16.5. The van der Waals surface area contributed by atoms with E-state index in [9.17, 15) is 5.11 Å². The molecule has 0 unspecified atom stereocenters. The molecule has 25 heavy (non-hydrogen) atoms. The van der Waals surface area contributed by atoms with Crippen LogP contribution in [0.5, 0.6) is 5.75 Å². The van der Waals surface area contributed by atoms with Crippen molar-refractivity contribution in [3.05, 3.63) is 46.8 Å². The number of rotatable bonds is 5. The molecule has 0 saturated carbocycles. The van der Waals surface area contributed by atoms with E-state index in [-0.39, 0.29) is 0 Å². The van der Waals surface area contributed by atoms with Gasteiger partial charge in [0.15, 0.2) is 0 Å². The van der Waals surface area contributed by atoms with Gasteiger partial charge in [0.2, 0.25) is 0 Å². The highest BCUT2D eigenvalue weighted by Gasteiger charge is 2.22. The molecule has 0 aliphatic carbocycles. The molecule has 2 aliphatic rings. The zero-order valence-electron chi connectivity index (χ0n) is 15.0. The molecule has 1 atom stereocenters. The largest absolute Gasteiger partial charge is 0.493 e. The Morgan fingerprint density at radius 2 is 2.16 bits per heavy atom. The highest BCUT2D eigenvalue weighted by Crippen LogP contribution is 2.27. The van der Waals surface area contributed by atoms with E-state index in [1.807, 2.05) is 23.7 Å². The molecule has 0 saturated heterocycles. The van der Waals surface area contributed by atoms with Gasteiger partial charge in [0, 0.05) is 32.6 Å². The minimum Gasteiger partial charge on any atom is -0.493 e. The lowest BCUT2D eigenvalue weighted by Crippen LogP contribution is -2.33. The van der Waals surface area contributed by atoms with E-state index in [0.29, 0.717) is 6.54 Å². The molecule has 1 N–H and O–H groups in total. The number of benzene rings is 1. The summed E-state index contributed by atoms with van der Waals surface area (Å²) in [5, 5.41) is 14.9. The Bertz CT molecular complexity index is 756. The fourth-order valence-corrected chi connectivity index (χ4v) is 3.68. The average Bonchev–Trinajstić information content (AvgIpc) is 3.19. The van der Waals surface area contributed by atoms with Crippen LogP contribution in [0, 0.1) is 0 Å². The predicted octanol–water partition coefficient (Wildman–Crippen LogP) is 1.43. The Morgan fingerprint density at radius 1 is 1.28 bits per heavy atom. The summed E-state index contributed by atoms with van der Waals surface area (Å²) in [6.45, 7) is 5.06. The molecule has 2 aliphatic heterocycles. The molecule has 0 fully saturated rings. The topological polar surface area (TPSA) is 53.8 Å². The number of aliphatic hydroxyl groups excluding tert-OH is 1. The van der Waals surface area contributed by atoms with Crippen LogP contribution in [0.1, 0.15) is 28.6 Å². The summed E-state index contributed by atoms with van der Waals surface area (Å²) < 4.78 is 7.63. The first-order valence-electron chi connectivity index (χ1n) is 8.95. The number of aromatic nitrogens is 2. The molecule has 1 aromatic heterocycles. The first-order valence-corrected chi connectivity index (χ1v) is 8.95. The maximum atomic E-state index is 10.3. The summed E-state index contributed by atoms with van der Waals surface area (Å²) in [6.07, 6.45) is 0.488. The maximum Gasteiger partial charge on any atom is 0.122 e. The molecule has 3 heterocycles. The van der Waals surface area contributed by atoms with Crippen LogP contribution in [-0.2, 0) is 26.1 Å². The van der Waals surface area contributed by atoms with Crippen molar-refractivity contribution in [2.75, 3.05) is 33.8 Å². The fourth-order valence-electron chi connectivity index (χ4n) is 3.68. The van der Waals surface area contributed by atoms with Gasteiger partial charge in [-0.05, 0) is 37.4 Å². The van der Waals surface area contributed by atoms with Crippen LogP contribution in [0.25, 0.3) is 0 Å². The smallest absolute Gasteiger partial charge is 0.122 e. The van der Waals surface area contributed by atoms with Crippen LogP contribution in [-0.4, -0.2) is 58.5 Å². The van der Waals surface area contributed by atoms with Crippen molar-refractivity contribution in [1.82, 2.24) is 19.6 Å². The van der Waals surface area contributed by atoms with E-state index >= 15 is 0 Å². The second kappa shape index (κ2) is 6.78. The van der Waals surface area contributed by atoms with E-state index in [2.05, 4.69) is 34.3 Å². The lowest BCUT2D eigenvalue weighted by Gasteiger charge is -2.27. The number of likely N-dealkylation sites (N-methyl/N-ethyl adjacent to an activating group) is 1. The molecule has 6 heteroatoms. The Balaban J connectivity index is 1.43. The van der Waals surface area contributed by atoms with Crippen LogP contribution in [0.4, 0.5) is 0 Å². The van der Waals surface area contributed by atoms with E-state index in [4.69, 9.17) is 4.74 Å². The fraction of sp³-hybridized carbons (Fsp3) is 0.526. The molecule has 2 aromatic rings. The number of fused-ring (bicyclic) bond motifs is 2. The minimum atomic E-state index is -0.529. The number of aliphatic hydroxyl groups is 1. The van der Waals surface area contributed by atoms with Gasteiger partial charge in [-0.1, -0.05) is 12.1 Å². The molecular formula is C19H26N4O2. The van der Waals surface area contributed by atoms with Crippen molar-refractivity contribution in [3.8, 4) is 5.75 Å². The second-order valence-corrected chi connectivity index (χ2v) is 7.31. The highest BCUT2D eigenvalue weighted by molar-refractivity contribution is 5.39. The lowest BCUT2D eigenvalue weighted by molar-refractivity contribution is 0.133. The van der Waals surface area contributed by atoms with Crippen LogP contribution in [0.15, 0.2) is 24.3 Å². The summed E-state index contributed by atoms with van der Waals surface area (Å²) >= 11 is 0. The number of ether oxygens (including phenoxy) is 1. The zero-order chi connectivity index (χ0) is 17.4. The third-order valence-electron chi connectivity index (χ3n) is 4.94. The minimum absolute atomic E-state index is 0.529. The van der Waals surface area contributed by atoms with Gasteiger partial charge in [0.1, 0.15) is 11.9 Å². The molecule has 0 amide bonds. The summed E-state index contributed by atoms with van der Waals surface area (Å²) in [5.74, 6) is 1.04. The normalized spacial score (nSPS) is 18.1. The predicted molar refractivity (Wildman–Crippen MR) is 95.5 cm³/mol. The summed E-state index contributed by atoms with van der Waals surface area (Å²) in [4.78, 5) is 4.42. The first kappa shape index (κ1) is 16.6. The summed E-state index contributed by atoms with van der Waals surface area (Å²) in [5.41, 5.74) is 4.63. The molecule has 4 rings (SSSR count). The van der Waals surface area contributed by atoms with Gasteiger partial charge >= 0.3 is 0 Å². The molecule has 1 aromatic carbocycles. The summed E-state index contributed by atoms with van der Waals surface area (Å²) in [7, 11) is 3.92. The van der Waals surface area contributed by atoms with Gasteiger partial charge in [-0.25, -0.2) is 0 Å². The monoisotopic (exact) mass is 342 g/mol. The van der Waals surface area contributed by atoms with E-state index in [0.717, 1.165) is 50.7 Å². The number of hydrogen-bond donors (Lipinski definition) is 1. The molecular weight excluding hydrogens is 316 g/mol. The Hall–Kier alpha value is -1.89. The van der Waals surface area contributed by atoms with Crippen molar-refractivity contribution in [2.45, 2.75) is 32.2 Å². The molecule has 0 bridgehead atoms. The Labute approximate surface area is 148 Å². The van der Waals surface area contributed by atoms with Gasteiger partial charge in [0.25, 0.3) is 0 Å². The summed E-state index contributed by atoms with van der Waals surface area (Å²) in [6, 6.07) is 8.60. The third kappa shape index (κ3) is 3.56.